The molecule has 1 aromatic heterocycles. The van der Waals surface area contributed by atoms with Crippen molar-refractivity contribution in [1.29, 1.82) is 0 Å². The van der Waals surface area contributed by atoms with Crippen LogP contribution in [0.4, 0.5) is 0 Å². The van der Waals surface area contributed by atoms with E-state index in [0.29, 0.717) is 16.6 Å². The molecule has 0 radical (unpaired) electrons. The van der Waals surface area contributed by atoms with Gasteiger partial charge < -0.3 is 0 Å². The van der Waals surface area contributed by atoms with Crippen molar-refractivity contribution < 1.29 is 4.79 Å². The normalized spacial score (nSPS) is 14.1. The van der Waals surface area contributed by atoms with Crippen LogP contribution in [0.2, 0.25) is 5.02 Å². The van der Waals surface area contributed by atoms with Crippen molar-refractivity contribution in [2.24, 2.45) is 0 Å². The Morgan fingerprint density at radius 1 is 1.24 bits per heavy atom. The summed E-state index contributed by atoms with van der Waals surface area (Å²) in [6, 6.07) is 11.5. The summed E-state index contributed by atoms with van der Waals surface area (Å²) in [7, 11) is 2.01. The molecule has 2 rings (SSSR count). The van der Waals surface area contributed by atoms with Crippen LogP contribution in [-0.2, 0) is 6.42 Å². The number of carbonyl (C=O) groups is 1. The standard InChI is InChI=1S/C17H20ClNOS/c1-12(11-16-5-4-10-21-16)19(3)13(2)17(20)14-6-8-15(18)9-7-14/h4-10,12-13H,11H2,1-3H3. The molecule has 0 amide bonds. The first-order valence-electron chi connectivity index (χ1n) is 7.03. The highest BCUT2D eigenvalue weighted by Gasteiger charge is 2.23. The lowest BCUT2D eigenvalue weighted by Crippen LogP contribution is -2.42. The van der Waals surface area contributed by atoms with E-state index >= 15 is 0 Å². The van der Waals surface area contributed by atoms with E-state index in [9.17, 15) is 4.79 Å². The molecule has 21 heavy (non-hydrogen) atoms. The Morgan fingerprint density at radius 2 is 1.90 bits per heavy atom. The molecule has 0 fully saturated rings. The third kappa shape index (κ3) is 4.16. The minimum Gasteiger partial charge on any atom is -0.294 e. The van der Waals surface area contributed by atoms with Crippen LogP contribution < -0.4 is 0 Å². The SMILES string of the molecule is CC(Cc1cccs1)N(C)C(C)C(=O)c1ccc(Cl)cc1. The number of benzene rings is 1. The van der Waals surface area contributed by atoms with Crippen LogP contribution in [0.5, 0.6) is 0 Å². The first-order chi connectivity index (χ1) is 9.99. The Bertz CT molecular complexity index is 579. The average Bonchev–Trinajstić information content (AvgIpc) is 2.98. The van der Waals surface area contributed by atoms with Gasteiger partial charge in [-0.15, -0.1) is 11.3 Å². The Balaban J connectivity index is 2.02. The van der Waals surface area contributed by atoms with Gasteiger partial charge in [0.05, 0.1) is 6.04 Å². The second kappa shape index (κ2) is 7.21. The van der Waals surface area contributed by atoms with Gasteiger partial charge in [0.15, 0.2) is 5.78 Å². The van der Waals surface area contributed by atoms with E-state index in [-0.39, 0.29) is 11.8 Å². The van der Waals surface area contributed by atoms with Crippen LogP contribution in [0.3, 0.4) is 0 Å². The Hall–Kier alpha value is -1.16. The van der Waals surface area contributed by atoms with E-state index < -0.39 is 0 Å². The minimum absolute atomic E-state index is 0.132. The van der Waals surface area contributed by atoms with Gasteiger partial charge in [0.1, 0.15) is 0 Å². The molecule has 2 unspecified atom stereocenters. The molecular weight excluding hydrogens is 302 g/mol. The van der Waals surface area contributed by atoms with E-state index in [1.165, 1.54) is 4.88 Å². The summed E-state index contributed by atoms with van der Waals surface area (Å²) in [6.45, 7) is 4.12. The number of Topliss-reactive ketones (excluding diaryl/α,β-unsaturated/α-hetero) is 1. The molecule has 0 bridgehead atoms. The van der Waals surface area contributed by atoms with E-state index in [4.69, 9.17) is 11.6 Å². The van der Waals surface area contributed by atoms with Crippen molar-refractivity contribution >= 4 is 28.7 Å². The maximum atomic E-state index is 12.5. The molecule has 0 saturated carbocycles. The number of rotatable bonds is 6. The van der Waals surface area contributed by atoms with Crippen LogP contribution >= 0.6 is 22.9 Å². The van der Waals surface area contributed by atoms with Crippen molar-refractivity contribution in [3.63, 3.8) is 0 Å². The van der Waals surface area contributed by atoms with E-state index in [2.05, 4.69) is 29.3 Å². The molecule has 0 aliphatic carbocycles. The van der Waals surface area contributed by atoms with Crippen molar-refractivity contribution in [2.75, 3.05) is 7.05 Å². The molecule has 2 aromatic rings. The third-order valence-corrected chi connectivity index (χ3v) is 5.04. The average molecular weight is 322 g/mol. The summed E-state index contributed by atoms with van der Waals surface area (Å²) in [5.74, 6) is 0.132. The monoisotopic (exact) mass is 321 g/mol. The molecule has 2 atom stereocenters. The zero-order valence-electron chi connectivity index (χ0n) is 12.5. The molecule has 4 heteroatoms. The largest absolute Gasteiger partial charge is 0.294 e. The summed E-state index contributed by atoms with van der Waals surface area (Å²) in [6.07, 6.45) is 0.965. The minimum atomic E-state index is -0.152. The number of likely N-dealkylation sites (N-methyl/N-ethyl adjacent to an activating group) is 1. The van der Waals surface area contributed by atoms with Gasteiger partial charge >= 0.3 is 0 Å². The predicted octanol–water partition coefficient (Wildman–Crippen LogP) is 4.54. The van der Waals surface area contributed by atoms with Crippen molar-refractivity contribution in [2.45, 2.75) is 32.4 Å². The fourth-order valence-electron chi connectivity index (χ4n) is 2.29. The third-order valence-electron chi connectivity index (χ3n) is 3.89. The maximum Gasteiger partial charge on any atom is 0.179 e. The molecular formula is C17H20ClNOS. The molecule has 0 spiro atoms. The van der Waals surface area contributed by atoms with Gasteiger partial charge in [-0.25, -0.2) is 0 Å². The maximum absolute atomic E-state index is 12.5. The summed E-state index contributed by atoms with van der Waals surface area (Å²) in [5.41, 5.74) is 0.710. The van der Waals surface area contributed by atoms with Crippen LogP contribution in [-0.4, -0.2) is 29.8 Å². The molecule has 0 aliphatic rings. The second-order valence-electron chi connectivity index (χ2n) is 5.35. The van der Waals surface area contributed by atoms with Crippen LogP contribution in [0.15, 0.2) is 41.8 Å². The summed E-state index contributed by atoms with van der Waals surface area (Å²) in [5, 5.41) is 2.74. The Kier molecular flexibility index (Phi) is 5.57. The van der Waals surface area contributed by atoms with Gasteiger partial charge in [0.2, 0.25) is 0 Å². The van der Waals surface area contributed by atoms with Gasteiger partial charge in [0.25, 0.3) is 0 Å². The lowest BCUT2D eigenvalue weighted by Gasteiger charge is -2.29. The summed E-state index contributed by atoms with van der Waals surface area (Å²) >= 11 is 7.63. The summed E-state index contributed by atoms with van der Waals surface area (Å²) in [4.78, 5) is 16.0. The van der Waals surface area contributed by atoms with Gasteiger partial charge in [-0.2, -0.15) is 0 Å². The lowest BCUT2D eigenvalue weighted by molar-refractivity contribution is 0.0826. The lowest BCUT2D eigenvalue weighted by atomic mass is 10.0. The molecule has 0 N–H and O–H groups in total. The van der Waals surface area contributed by atoms with Crippen molar-refractivity contribution in [1.82, 2.24) is 4.90 Å². The Labute approximate surface area is 135 Å². The molecule has 112 valence electrons. The van der Waals surface area contributed by atoms with E-state index in [1.807, 2.05) is 14.0 Å². The number of hydrogen-bond donors (Lipinski definition) is 0. The highest BCUT2D eigenvalue weighted by Crippen LogP contribution is 2.17. The fourth-order valence-corrected chi connectivity index (χ4v) is 3.24. The number of carbonyl (C=O) groups excluding carboxylic acids is 1. The quantitative estimate of drug-likeness (QED) is 0.728. The first-order valence-corrected chi connectivity index (χ1v) is 8.29. The molecule has 0 saturated heterocycles. The first kappa shape index (κ1) is 16.2. The predicted molar refractivity (Wildman–Crippen MR) is 90.5 cm³/mol. The van der Waals surface area contributed by atoms with Crippen LogP contribution in [0.25, 0.3) is 0 Å². The molecule has 1 aromatic carbocycles. The van der Waals surface area contributed by atoms with Gasteiger partial charge in [-0.05, 0) is 63.0 Å². The van der Waals surface area contributed by atoms with E-state index in [1.54, 1.807) is 35.6 Å². The highest BCUT2D eigenvalue weighted by molar-refractivity contribution is 7.09. The Morgan fingerprint density at radius 3 is 2.48 bits per heavy atom. The van der Waals surface area contributed by atoms with Crippen molar-refractivity contribution in [3.05, 3.63) is 57.2 Å². The smallest absolute Gasteiger partial charge is 0.179 e. The topological polar surface area (TPSA) is 20.3 Å². The number of nitrogens with zero attached hydrogens (tertiary/aromatic N) is 1. The molecule has 2 nitrogen and oxygen atoms in total. The molecule has 0 aliphatic heterocycles. The van der Waals surface area contributed by atoms with Crippen molar-refractivity contribution in [3.8, 4) is 0 Å². The summed E-state index contributed by atoms with van der Waals surface area (Å²) < 4.78 is 0. The number of hydrogen-bond acceptors (Lipinski definition) is 3. The number of ketones is 1. The van der Waals surface area contributed by atoms with Gasteiger partial charge in [-0.1, -0.05) is 17.7 Å². The number of halogens is 1. The van der Waals surface area contributed by atoms with Gasteiger partial charge in [0, 0.05) is 21.5 Å². The van der Waals surface area contributed by atoms with Crippen LogP contribution in [0.1, 0.15) is 29.1 Å². The van der Waals surface area contributed by atoms with E-state index in [0.717, 1.165) is 6.42 Å². The zero-order chi connectivity index (χ0) is 15.4. The number of thiophene rings is 1. The van der Waals surface area contributed by atoms with Crippen LogP contribution in [0, 0.1) is 0 Å². The molecule has 1 heterocycles. The fraction of sp³-hybridized carbons (Fsp3) is 0.353. The zero-order valence-corrected chi connectivity index (χ0v) is 14.1. The highest BCUT2D eigenvalue weighted by atomic mass is 35.5. The van der Waals surface area contributed by atoms with Gasteiger partial charge in [-0.3, -0.25) is 9.69 Å². The second-order valence-corrected chi connectivity index (χ2v) is 6.81.